The summed E-state index contributed by atoms with van der Waals surface area (Å²) in [5, 5.41) is 13.0. The van der Waals surface area contributed by atoms with Crippen LogP contribution in [0, 0.1) is 11.3 Å². The number of hydrogen-bond donors (Lipinski definition) is 2. The van der Waals surface area contributed by atoms with Crippen molar-refractivity contribution in [1.82, 2.24) is 10.3 Å². The average Bonchev–Trinajstić information content (AvgIpc) is 2.77. The third-order valence-electron chi connectivity index (χ3n) is 2.77. The lowest BCUT2D eigenvalue weighted by atomic mass is 10.1. The second-order valence-corrected chi connectivity index (χ2v) is 5.66. The van der Waals surface area contributed by atoms with E-state index in [0.717, 1.165) is 16.5 Å². The molecule has 1 heterocycles. The molecule has 1 amide bonds. The van der Waals surface area contributed by atoms with Gasteiger partial charge in [-0.1, -0.05) is 18.2 Å². The summed E-state index contributed by atoms with van der Waals surface area (Å²) in [6, 6.07) is 9.73. The third kappa shape index (κ3) is 3.07. The van der Waals surface area contributed by atoms with Crippen molar-refractivity contribution in [3.8, 4) is 6.07 Å². The molecular weight excluding hydrogens is 250 g/mol. The highest BCUT2D eigenvalue weighted by atomic mass is 16.1. The summed E-state index contributed by atoms with van der Waals surface area (Å²) in [4.78, 5) is 15.2. The molecule has 0 bridgehead atoms. The smallest absolute Gasteiger partial charge is 0.262 e. The maximum atomic E-state index is 12.0. The van der Waals surface area contributed by atoms with Crippen LogP contribution in [0.2, 0.25) is 0 Å². The highest BCUT2D eigenvalue weighted by molar-refractivity contribution is 6.04. The van der Waals surface area contributed by atoms with E-state index in [1.165, 1.54) is 0 Å². The molecule has 102 valence electrons. The fraction of sp³-hybridized carbons (Fsp3) is 0.250. The zero-order valence-electron chi connectivity index (χ0n) is 11.8. The van der Waals surface area contributed by atoms with Gasteiger partial charge in [0.25, 0.3) is 5.91 Å². The first-order valence-electron chi connectivity index (χ1n) is 6.41. The van der Waals surface area contributed by atoms with Gasteiger partial charge in [-0.25, -0.2) is 0 Å². The second kappa shape index (κ2) is 5.22. The summed E-state index contributed by atoms with van der Waals surface area (Å²) < 4.78 is 0. The number of carbonyl (C=O) groups excluding carboxylic acids is 1. The Hall–Kier alpha value is -2.54. The molecule has 2 N–H and O–H groups in total. The van der Waals surface area contributed by atoms with Crippen LogP contribution in [0.4, 0.5) is 0 Å². The molecule has 0 spiro atoms. The Balaban J connectivity index is 2.37. The van der Waals surface area contributed by atoms with E-state index in [-0.39, 0.29) is 17.0 Å². The van der Waals surface area contributed by atoms with Crippen molar-refractivity contribution in [3.05, 3.63) is 41.6 Å². The number of H-pyrrole nitrogens is 1. The van der Waals surface area contributed by atoms with Crippen molar-refractivity contribution in [1.29, 1.82) is 5.26 Å². The van der Waals surface area contributed by atoms with Crippen LogP contribution in [-0.2, 0) is 4.79 Å². The van der Waals surface area contributed by atoms with Crippen molar-refractivity contribution < 1.29 is 4.79 Å². The summed E-state index contributed by atoms with van der Waals surface area (Å²) in [7, 11) is 0. The summed E-state index contributed by atoms with van der Waals surface area (Å²) in [6.45, 7) is 5.64. The predicted octanol–water partition coefficient (Wildman–Crippen LogP) is 2.99. The van der Waals surface area contributed by atoms with E-state index >= 15 is 0 Å². The number of hydrogen-bond acceptors (Lipinski definition) is 2. The van der Waals surface area contributed by atoms with Crippen LogP contribution in [0.5, 0.6) is 0 Å². The van der Waals surface area contributed by atoms with Crippen LogP contribution < -0.4 is 5.32 Å². The maximum absolute atomic E-state index is 12.0. The maximum Gasteiger partial charge on any atom is 0.262 e. The molecule has 0 aliphatic carbocycles. The van der Waals surface area contributed by atoms with Crippen molar-refractivity contribution in [2.45, 2.75) is 26.3 Å². The fourth-order valence-corrected chi connectivity index (χ4v) is 1.93. The van der Waals surface area contributed by atoms with Gasteiger partial charge >= 0.3 is 0 Å². The van der Waals surface area contributed by atoms with Crippen LogP contribution in [0.15, 0.2) is 36.0 Å². The monoisotopic (exact) mass is 267 g/mol. The van der Waals surface area contributed by atoms with Crippen molar-refractivity contribution >= 4 is 22.9 Å². The minimum atomic E-state index is -0.368. The normalized spacial score (nSPS) is 12.2. The minimum Gasteiger partial charge on any atom is -0.361 e. The Bertz CT molecular complexity index is 711. The Kier molecular flexibility index (Phi) is 3.62. The first-order chi connectivity index (χ1) is 9.40. The van der Waals surface area contributed by atoms with E-state index in [2.05, 4.69) is 10.3 Å². The van der Waals surface area contributed by atoms with E-state index in [0.29, 0.717) is 0 Å². The number of rotatable bonds is 2. The number of nitrogens with one attached hydrogen (secondary N) is 2. The molecule has 1 aromatic heterocycles. The molecule has 2 aromatic rings. The van der Waals surface area contributed by atoms with E-state index < -0.39 is 0 Å². The molecule has 0 fully saturated rings. The molecular formula is C16H17N3O. The Labute approximate surface area is 118 Å². The number of amides is 1. The van der Waals surface area contributed by atoms with Crippen LogP contribution in [-0.4, -0.2) is 16.4 Å². The number of nitrogens with zero attached hydrogens (tertiary/aromatic N) is 1. The number of aromatic nitrogens is 1. The van der Waals surface area contributed by atoms with E-state index in [1.807, 2.05) is 51.1 Å². The Morgan fingerprint density at radius 1 is 1.35 bits per heavy atom. The molecule has 4 nitrogen and oxygen atoms in total. The van der Waals surface area contributed by atoms with Gasteiger partial charge in [-0.05, 0) is 32.9 Å². The fourth-order valence-electron chi connectivity index (χ4n) is 1.93. The summed E-state index contributed by atoms with van der Waals surface area (Å²) in [6.07, 6.45) is 3.41. The molecule has 0 radical (unpaired) electrons. The molecule has 4 heteroatoms. The molecule has 0 saturated carbocycles. The number of fused-ring (bicyclic) bond motifs is 1. The Morgan fingerprint density at radius 2 is 2.05 bits per heavy atom. The molecule has 2 rings (SSSR count). The molecule has 0 aliphatic heterocycles. The number of carbonyl (C=O) groups is 1. The van der Waals surface area contributed by atoms with Gasteiger partial charge in [0.05, 0.1) is 0 Å². The van der Waals surface area contributed by atoms with E-state index in [1.54, 1.807) is 12.3 Å². The SMILES string of the molecule is CC(C)(C)NC(=O)/C(C#N)=C\c1c[nH]c2ccccc12. The van der Waals surface area contributed by atoms with Gasteiger partial charge in [0.1, 0.15) is 11.6 Å². The van der Waals surface area contributed by atoms with E-state index in [4.69, 9.17) is 0 Å². The number of aromatic amines is 1. The largest absolute Gasteiger partial charge is 0.361 e. The highest BCUT2D eigenvalue weighted by Gasteiger charge is 2.17. The lowest BCUT2D eigenvalue weighted by Gasteiger charge is -2.19. The summed E-state index contributed by atoms with van der Waals surface area (Å²) >= 11 is 0. The molecule has 0 atom stereocenters. The summed E-state index contributed by atoms with van der Waals surface area (Å²) in [5.41, 5.74) is 1.55. The average molecular weight is 267 g/mol. The predicted molar refractivity (Wildman–Crippen MR) is 79.8 cm³/mol. The van der Waals surface area contributed by atoms with Gasteiger partial charge in [-0.15, -0.1) is 0 Å². The number of benzene rings is 1. The summed E-state index contributed by atoms with van der Waals surface area (Å²) in [5.74, 6) is -0.356. The number of para-hydroxylation sites is 1. The van der Waals surface area contributed by atoms with Crippen LogP contribution in [0.1, 0.15) is 26.3 Å². The molecule has 0 unspecified atom stereocenters. The van der Waals surface area contributed by atoms with Crippen molar-refractivity contribution in [2.75, 3.05) is 0 Å². The second-order valence-electron chi connectivity index (χ2n) is 5.66. The zero-order chi connectivity index (χ0) is 14.8. The zero-order valence-corrected chi connectivity index (χ0v) is 11.8. The molecule has 20 heavy (non-hydrogen) atoms. The topological polar surface area (TPSA) is 68.7 Å². The molecule has 0 saturated heterocycles. The van der Waals surface area contributed by atoms with Gasteiger partial charge in [-0.2, -0.15) is 5.26 Å². The van der Waals surface area contributed by atoms with Gasteiger partial charge in [0, 0.05) is 28.2 Å². The quantitative estimate of drug-likeness (QED) is 0.648. The van der Waals surface area contributed by atoms with Crippen molar-refractivity contribution in [3.63, 3.8) is 0 Å². The van der Waals surface area contributed by atoms with Crippen molar-refractivity contribution in [2.24, 2.45) is 0 Å². The van der Waals surface area contributed by atoms with Gasteiger partial charge in [0.2, 0.25) is 0 Å². The van der Waals surface area contributed by atoms with E-state index in [9.17, 15) is 10.1 Å². The van der Waals surface area contributed by atoms with Gasteiger partial charge in [-0.3, -0.25) is 4.79 Å². The highest BCUT2D eigenvalue weighted by Crippen LogP contribution is 2.20. The standard InChI is InChI=1S/C16H17N3O/c1-16(2,3)19-15(20)11(9-17)8-12-10-18-14-7-5-4-6-13(12)14/h4-8,10,18H,1-3H3,(H,19,20)/b11-8-. The van der Waals surface area contributed by atoms with Crippen LogP contribution >= 0.6 is 0 Å². The first-order valence-corrected chi connectivity index (χ1v) is 6.41. The molecule has 0 aliphatic rings. The lowest BCUT2D eigenvalue weighted by molar-refractivity contribution is -0.118. The minimum absolute atomic E-state index is 0.102. The number of nitriles is 1. The lowest BCUT2D eigenvalue weighted by Crippen LogP contribution is -2.41. The van der Waals surface area contributed by atoms with Crippen LogP contribution in [0.3, 0.4) is 0 Å². The van der Waals surface area contributed by atoms with Gasteiger partial charge in [0.15, 0.2) is 0 Å². The van der Waals surface area contributed by atoms with Gasteiger partial charge < -0.3 is 10.3 Å². The third-order valence-corrected chi connectivity index (χ3v) is 2.77. The molecule has 1 aromatic carbocycles. The Morgan fingerprint density at radius 3 is 2.70 bits per heavy atom. The van der Waals surface area contributed by atoms with Crippen LogP contribution in [0.25, 0.3) is 17.0 Å². The first kappa shape index (κ1) is 13.9.